The van der Waals surface area contributed by atoms with E-state index in [0.717, 1.165) is 0 Å². The molecule has 19 heavy (non-hydrogen) atoms. The maximum absolute atomic E-state index is 13.1. The Morgan fingerprint density at radius 3 is 2.89 bits per heavy atom. The van der Waals surface area contributed by atoms with Crippen LogP contribution >= 0.6 is 0 Å². The minimum Gasteiger partial charge on any atom is -0.458 e. The molecule has 0 fully saturated rings. The van der Waals surface area contributed by atoms with Crippen molar-refractivity contribution in [3.05, 3.63) is 59.6 Å². The molecule has 3 rings (SSSR count). The van der Waals surface area contributed by atoms with Gasteiger partial charge in [0.15, 0.2) is 6.10 Å². The highest BCUT2D eigenvalue weighted by atomic mass is 19.1. The van der Waals surface area contributed by atoms with Gasteiger partial charge in [0.1, 0.15) is 23.0 Å². The number of aryl methyl sites for hydroxylation is 1. The molecule has 1 atom stereocenters. The Labute approximate surface area is 108 Å². The summed E-state index contributed by atoms with van der Waals surface area (Å²) in [6.07, 6.45) is 0.584. The molecule has 0 amide bonds. The van der Waals surface area contributed by atoms with Crippen LogP contribution in [-0.4, -0.2) is 15.1 Å². The van der Waals surface area contributed by atoms with Gasteiger partial charge < -0.3 is 9.52 Å². The molecule has 2 heterocycles. The van der Waals surface area contributed by atoms with Crippen molar-refractivity contribution < 1.29 is 13.9 Å². The van der Waals surface area contributed by atoms with Gasteiger partial charge in [0.05, 0.1) is 5.69 Å². The summed E-state index contributed by atoms with van der Waals surface area (Å²) in [6, 6.07) is 7.44. The number of aromatic nitrogens is 2. The molecular weight excluding hydrogens is 247 g/mol. The van der Waals surface area contributed by atoms with Crippen molar-refractivity contribution in [2.75, 3.05) is 0 Å². The molecule has 0 aliphatic carbocycles. The van der Waals surface area contributed by atoms with E-state index in [4.69, 9.17) is 4.42 Å². The van der Waals surface area contributed by atoms with Crippen molar-refractivity contribution in [2.45, 2.75) is 13.0 Å². The average Bonchev–Trinajstić information content (AvgIpc) is 2.80. The number of rotatable bonds is 2. The summed E-state index contributed by atoms with van der Waals surface area (Å²) in [7, 11) is 0. The van der Waals surface area contributed by atoms with E-state index in [0.29, 0.717) is 28.2 Å². The lowest BCUT2D eigenvalue weighted by Gasteiger charge is -2.06. The first-order valence-electron chi connectivity index (χ1n) is 5.80. The quantitative estimate of drug-likeness (QED) is 0.767. The standard InChI is InChI=1S/C14H11FN2O2/c1-8-16-5-4-11(17-8)14(18)13-7-9-6-10(15)2-3-12(9)19-13/h2-7,14,18H,1H3. The molecule has 1 N–H and O–H groups in total. The number of furan rings is 1. The van der Waals surface area contributed by atoms with Crippen molar-refractivity contribution in [2.24, 2.45) is 0 Å². The third kappa shape index (κ3) is 2.20. The molecule has 0 aliphatic heterocycles. The molecule has 0 saturated carbocycles. The molecule has 0 bridgehead atoms. The van der Waals surface area contributed by atoms with E-state index in [1.54, 1.807) is 25.3 Å². The van der Waals surface area contributed by atoms with Crippen LogP contribution in [0.15, 0.2) is 40.9 Å². The van der Waals surface area contributed by atoms with Gasteiger partial charge in [0, 0.05) is 11.6 Å². The molecule has 0 radical (unpaired) electrons. The summed E-state index contributed by atoms with van der Waals surface area (Å²) in [5, 5.41) is 10.8. The fourth-order valence-electron chi connectivity index (χ4n) is 1.94. The molecule has 5 heteroatoms. The van der Waals surface area contributed by atoms with Crippen molar-refractivity contribution in [3.8, 4) is 0 Å². The molecular formula is C14H11FN2O2. The topological polar surface area (TPSA) is 59.2 Å². The predicted octanol–water partition coefficient (Wildman–Crippen LogP) is 2.75. The summed E-state index contributed by atoms with van der Waals surface area (Å²) in [5.74, 6) is 0.560. The van der Waals surface area contributed by atoms with Crippen molar-refractivity contribution >= 4 is 11.0 Å². The van der Waals surface area contributed by atoms with Gasteiger partial charge in [-0.1, -0.05) is 0 Å². The Kier molecular flexibility index (Phi) is 2.76. The third-order valence-corrected chi connectivity index (χ3v) is 2.84. The van der Waals surface area contributed by atoms with Crippen molar-refractivity contribution in [3.63, 3.8) is 0 Å². The maximum atomic E-state index is 13.1. The van der Waals surface area contributed by atoms with Gasteiger partial charge in [-0.15, -0.1) is 0 Å². The number of aliphatic hydroxyl groups is 1. The molecule has 0 saturated heterocycles. The molecule has 1 unspecified atom stereocenters. The monoisotopic (exact) mass is 258 g/mol. The van der Waals surface area contributed by atoms with E-state index in [9.17, 15) is 9.50 Å². The van der Waals surface area contributed by atoms with Gasteiger partial charge in [-0.2, -0.15) is 0 Å². The molecule has 0 aliphatic rings. The van der Waals surface area contributed by atoms with E-state index in [1.165, 1.54) is 18.2 Å². The minimum absolute atomic E-state index is 0.332. The Hall–Kier alpha value is -2.27. The average molecular weight is 258 g/mol. The summed E-state index contributed by atoms with van der Waals surface area (Å²) < 4.78 is 18.6. The zero-order valence-corrected chi connectivity index (χ0v) is 10.2. The fourth-order valence-corrected chi connectivity index (χ4v) is 1.94. The SMILES string of the molecule is Cc1nccc(C(O)c2cc3cc(F)ccc3o2)n1. The first-order chi connectivity index (χ1) is 9.13. The first-order valence-corrected chi connectivity index (χ1v) is 5.80. The Balaban J connectivity index is 2.04. The fraction of sp³-hybridized carbons (Fsp3) is 0.143. The van der Waals surface area contributed by atoms with Crippen molar-refractivity contribution in [1.29, 1.82) is 0 Å². The Morgan fingerprint density at radius 1 is 1.26 bits per heavy atom. The van der Waals surface area contributed by atoms with E-state index in [2.05, 4.69) is 9.97 Å². The van der Waals surface area contributed by atoms with Gasteiger partial charge in [0.2, 0.25) is 0 Å². The smallest absolute Gasteiger partial charge is 0.154 e. The van der Waals surface area contributed by atoms with Crippen LogP contribution in [0.4, 0.5) is 4.39 Å². The summed E-state index contributed by atoms with van der Waals surface area (Å²) in [6.45, 7) is 1.74. The maximum Gasteiger partial charge on any atom is 0.154 e. The highest BCUT2D eigenvalue weighted by Crippen LogP contribution is 2.27. The number of hydrogen-bond acceptors (Lipinski definition) is 4. The van der Waals surface area contributed by atoms with Crippen molar-refractivity contribution in [1.82, 2.24) is 9.97 Å². The van der Waals surface area contributed by atoms with Gasteiger partial charge in [0.25, 0.3) is 0 Å². The summed E-state index contributed by atoms with van der Waals surface area (Å²) in [5.41, 5.74) is 0.980. The lowest BCUT2D eigenvalue weighted by atomic mass is 10.1. The normalized spacial score (nSPS) is 12.8. The second kappa shape index (κ2) is 4.44. The number of hydrogen-bond donors (Lipinski definition) is 1. The second-order valence-corrected chi connectivity index (χ2v) is 4.26. The van der Waals surface area contributed by atoms with Gasteiger partial charge in [-0.05, 0) is 37.3 Å². The molecule has 0 spiro atoms. The van der Waals surface area contributed by atoms with E-state index < -0.39 is 6.10 Å². The highest BCUT2D eigenvalue weighted by Gasteiger charge is 2.17. The summed E-state index contributed by atoms with van der Waals surface area (Å²) >= 11 is 0. The largest absolute Gasteiger partial charge is 0.458 e. The van der Waals surface area contributed by atoms with Crippen LogP contribution in [0.25, 0.3) is 11.0 Å². The van der Waals surface area contributed by atoms with Crippen LogP contribution in [0, 0.1) is 12.7 Å². The number of aliphatic hydroxyl groups excluding tert-OH is 1. The molecule has 96 valence electrons. The minimum atomic E-state index is -0.989. The summed E-state index contributed by atoms with van der Waals surface area (Å²) in [4.78, 5) is 8.11. The van der Waals surface area contributed by atoms with Crippen LogP contribution in [0.5, 0.6) is 0 Å². The third-order valence-electron chi connectivity index (χ3n) is 2.84. The van der Waals surface area contributed by atoms with E-state index in [-0.39, 0.29) is 5.82 Å². The number of benzene rings is 1. The second-order valence-electron chi connectivity index (χ2n) is 4.26. The molecule has 3 aromatic rings. The number of halogens is 1. The van der Waals surface area contributed by atoms with Crippen LogP contribution in [0.3, 0.4) is 0 Å². The zero-order valence-electron chi connectivity index (χ0n) is 10.2. The molecule has 2 aromatic heterocycles. The van der Waals surface area contributed by atoms with Crippen LogP contribution in [0.2, 0.25) is 0 Å². The Morgan fingerprint density at radius 2 is 2.11 bits per heavy atom. The van der Waals surface area contributed by atoms with Gasteiger partial charge in [-0.3, -0.25) is 0 Å². The highest BCUT2D eigenvalue weighted by molar-refractivity contribution is 5.78. The van der Waals surface area contributed by atoms with E-state index in [1.807, 2.05) is 0 Å². The lowest BCUT2D eigenvalue weighted by molar-refractivity contribution is 0.187. The zero-order chi connectivity index (χ0) is 13.4. The van der Waals surface area contributed by atoms with Crippen LogP contribution in [0.1, 0.15) is 23.4 Å². The lowest BCUT2D eigenvalue weighted by Crippen LogP contribution is -2.02. The molecule has 1 aromatic carbocycles. The van der Waals surface area contributed by atoms with Gasteiger partial charge in [-0.25, -0.2) is 14.4 Å². The van der Waals surface area contributed by atoms with Crippen LogP contribution < -0.4 is 0 Å². The van der Waals surface area contributed by atoms with Gasteiger partial charge >= 0.3 is 0 Å². The molecule has 4 nitrogen and oxygen atoms in total. The number of nitrogens with zero attached hydrogens (tertiary/aromatic N) is 2. The van der Waals surface area contributed by atoms with Crippen LogP contribution in [-0.2, 0) is 0 Å². The van der Waals surface area contributed by atoms with E-state index >= 15 is 0 Å². The Bertz CT molecular complexity index is 739. The predicted molar refractivity (Wildman–Crippen MR) is 67.0 cm³/mol. The first kappa shape index (κ1) is 11.8. The number of fused-ring (bicyclic) bond motifs is 1.